The fourth-order valence-electron chi connectivity index (χ4n) is 0.142. The predicted molar refractivity (Wildman–Crippen MR) is 21.2 cm³/mol. The van der Waals surface area contributed by atoms with Gasteiger partial charge in [0.2, 0.25) is 0 Å². The molecule has 3 nitrogen and oxygen atoms in total. The van der Waals surface area contributed by atoms with E-state index >= 15 is 0 Å². The van der Waals surface area contributed by atoms with Gasteiger partial charge in [-0.2, -0.15) is 0 Å². The van der Waals surface area contributed by atoms with Crippen LogP contribution < -0.4 is 5.73 Å². The van der Waals surface area contributed by atoms with Crippen molar-refractivity contribution in [1.82, 2.24) is 0 Å². The summed E-state index contributed by atoms with van der Waals surface area (Å²) in [5.74, 6) is 0. The Bertz CT molecular complexity index is 56.9. The molecule has 2 N–H and O–H groups in total. The smallest absolute Gasteiger partial charge is 0.404 e. The molecule has 0 aliphatic heterocycles. The average Bonchev–Trinajstić information content (AvgIpc) is 1.35. The van der Waals surface area contributed by atoms with Gasteiger partial charge in [-0.25, -0.2) is 4.79 Å². The van der Waals surface area contributed by atoms with Crippen LogP contribution in [0.4, 0.5) is 4.79 Å². The van der Waals surface area contributed by atoms with Gasteiger partial charge in [0.15, 0.2) is 0 Å². The van der Waals surface area contributed by atoms with Gasteiger partial charge in [-0.3, -0.25) is 0 Å². The van der Waals surface area contributed by atoms with Crippen LogP contribution in [0.5, 0.6) is 0 Å². The minimum absolute atomic E-state index is 0. The van der Waals surface area contributed by atoms with Crippen LogP contribution in [0.3, 0.4) is 0 Å². The molecule has 0 spiro atoms. The number of hydrogen-bond acceptors (Lipinski definition) is 2. The standard InChI is InChI=1S/C3H7NO2.Pd/c1-2-6-3(4)5;/h2H2,1H3,(H2,4,5);. The molecular formula is C3H7NO2Pd. The maximum Gasteiger partial charge on any atom is 0.404 e. The normalized spacial score (nSPS) is 6.43. The molecule has 0 aromatic carbocycles. The van der Waals surface area contributed by atoms with Gasteiger partial charge in [0.25, 0.3) is 0 Å². The Hall–Kier alpha value is -0.0677. The third-order valence-electron chi connectivity index (χ3n) is 0.287. The topological polar surface area (TPSA) is 52.3 Å². The quantitative estimate of drug-likeness (QED) is 0.604. The molecule has 0 radical (unpaired) electrons. The molecule has 0 aromatic heterocycles. The molecule has 0 atom stereocenters. The van der Waals surface area contributed by atoms with Gasteiger partial charge in [-0.1, -0.05) is 0 Å². The summed E-state index contributed by atoms with van der Waals surface area (Å²) >= 11 is 0. The molecule has 7 heavy (non-hydrogen) atoms. The summed E-state index contributed by atoms with van der Waals surface area (Å²) in [6.07, 6.45) is -0.711. The molecule has 0 saturated carbocycles. The molecule has 1 amide bonds. The molecule has 0 bridgehead atoms. The zero-order valence-electron chi connectivity index (χ0n) is 3.92. The van der Waals surface area contributed by atoms with Crippen molar-refractivity contribution in [1.29, 1.82) is 0 Å². The van der Waals surface area contributed by atoms with E-state index in [0.717, 1.165) is 0 Å². The number of amides is 1. The number of ether oxygens (including phenoxy) is 1. The first kappa shape index (κ1) is 10.0. The van der Waals surface area contributed by atoms with Crippen LogP contribution >= 0.6 is 0 Å². The summed E-state index contributed by atoms with van der Waals surface area (Å²) in [5, 5.41) is 0. The van der Waals surface area contributed by atoms with Gasteiger partial charge >= 0.3 is 6.09 Å². The minimum atomic E-state index is -0.711. The second-order valence-corrected chi connectivity index (χ2v) is 0.752. The number of primary amides is 1. The molecule has 4 heteroatoms. The number of carbonyl (C=O) groups is 1. The van der Waals surface area contributed by atoms with E-state index in [2.05, 4.69) is 10.5 Å². The van der Waals surface area contributed by atoms with Crippen molar-refractivity contribution in [3.05, 3.63) is 0 Å². The van der Waals surface area contributed by atoms with Crippen LogP contribution in [0.1, 0.15) is 6.92 Å². The van der Waals surface area contributed by atoms with E-state index in [1.807, 2.05) is 0 Å². The van der Waals surface area contributed by atoms with Crippen molar-refractivity contribution in [3.8, 4) is 0 Å². The molecule has 0 aromatic rings. The second-order valence-electron chi connectivity index (χ2n) is 0.752. The first-order chi connectivity index (χ1) is 2.77. The van der Waals surface area contributed by atoms with E-state index in [4.69, 9.17) is 0 Å². The minimum Gasteiger partial charge on any atom is -0.450 e. The van der Waals surface area contributed by atoms with Crippen molar-refractivity contribution in [2.75, 3.05) is 6.61 Å². The molecule has 0 fully saturated rings. The van der Waals surface area contributed by atoms with Gasteiger partial charge in [0, 0.05) is 20.4 Å². The maximum atomic E-state index is 9.60. The van der Waals surface area contributed by atoms with Crippen LogP contribution in [-0.4, -0.2) is 12.7 Å². The van der Waals surface area contributed by atoms with Crippen molar-refractivity contribution in [3.63, 3.8) is 0 Å². The monoisotopic (exact) mass is 195 g/mol. The van der Waals surface area contributed by atoms with E-state index in [1.165, 1.54) is 0 Å². The third kappa shape index (κ3) is 10.7. The third-order valence-corrected chi connectivity index (χ3v) is 0.287. The van der Waals surface area contributed by atoms with Crippen LogP contribution in [0.2, 0.25) is 0 Å². The Labute approximate surface area is 55.9 Å². The van der Waals surface area contributed by atoms with Crippen LogP contribution in [0, 0.1) is 0 Å². The van der Waals surface area contributed by atoms with Crippen LogP contribution in [-0.2, 0) is 25.2 Å². The van der Waals surface area contributed by atoms with Gasteiger partial charge in [0.05, 0.1) is 6.61 Å². The van der Waals surface area contributed by atoms with Gasteiger partial charge in [0.1, 0.15) is 0 Å². The fourth-order valence-corrected chi connectivity index (χ4v) is 0.142. The van der Waals surface area contributed by atoms with Crippen molar-refractivity contribution in [2.24, 2.45) is 5.73 Å². The van der Waals surface area contributed by atoms with Crippen molar-refractivity contribution >= 4 is 6.09 Å². The maximum absolute atomic E-state index is 9.60. The molecule has 0 aliphatic rings. The van der Waals surface area contributed by atoms with Crippen molar-refractivity contribution < 1.29 is 30.0 Å². The van der Waals surface area contributed by atoms with E-state index in [-0.39, 0.29) is 20.4 Å². The fraction of sp³-hybridized carbons (Fsp3) is 0.667. The summed E-state index contributed by atoms with van der Waals surface area (Å²) in [5.41, 5.74) is 4.54. The zero-order chi connectivity index (χ0) is 4.99. The summed E-state index contributed by atoms with van der Waals surface area (Å²) in [6.45, 7) is 2.06. The Morgan fingerprint density at radius 3 is 2.29 bits per heavy atom. The number of rotatable bonds is 1. The second kappa shape index (κ2) is 5.93. The molecular weight excluding hydrogens is 188 g/mol. The molecule has 0 unspecified atom stereocenters. The predicted octanol–water partition coefficient (Wildman–Crippen LogP) is 0.0991. The summed E-state index contributed by atoms with van der Waals surface area (Å²) in [6, 6.07) is 0. The number of nitrogens with two attached hydrogens (primary N) is 1. The first-order valence-electron chi connectivity index (χ1n) is 1.69. The summed E-state index contributed by atoms with van der Waals surface area (Å²) in [7, 11) is 0. The van der Waals surface area contributed by atoms with Gasteiger partial charge in [-0.05, 0) is 6.92 Å². The van der Waals surface area contributed by atoms with Gasteiger partial charge < -0.3 is 10.5 Å². The van der Waals surface area contributed by atoms with E-state index in [1.54, 1.807) is 6.92 Å². The molecule has 0 aliphatic carbocycles. The van der Waals surface area contributed by atoms with Crippen molar-refractivity contribution in [2.45, 2.75) is 6.92 Å². The Morgan fingerprint density at radius 2 is 2.29 bits per heavy atom. The summed E-state index contributed by atoms with van der Waals surface area (Å²) in [4.78, 5) is 9.60. The first-order valence-corrected chi connectivity index (χ1v) is 1.69. The largest absolute Gasteiger partial charge is 0.450 e. The molecule has 0 heterocycles. The van der Waals surface area contributed by atoms with Gasteiger partial charge in [-0.15, -0.1) is 0 Å². The van der Waals surface area contributed by atoms with E-state index in [9.17, 15) is 4.79 Å². The Kier molecular flexibility index (Phi) is 8.50. The zero-order valence-corrected chi connectivity index (χ0v) is 5.47. The summed E-state index contributed by atoms with van der Waals surface area (Å²) < 4.78 is 4.18. The van der Waals surface area contributed by atoms with E-state index < -0.39 is 6.09 Å². The number of hydrogen-bond donors (Lipinski definition) is 1. The van der Waals surface area contributed by atoms with Crippen LogP contribution in [0.15, 0.2) is 0 Å². The Balaban J connectivity index is 0. The molecule has 0 saturated heterocycles. The Morgan fingerprint density at radius 1 is 1.86 bits per heavy atom. The average molecular weight is 196 g/mol. The SMILES string of the molecule is CCOC(N)=O.[Pd]. The molecule has 46 valence electrons. The van der Waals surface area contributed by atoms with E-state index in [0.29, 0.717) is 6.61 Å². The van der Waals surface area contributed by atoms with Crippen LogP contribution in [0.25, 0.3) is 0 Å². The number of carbonyl (C=O) groups excluding carboxylic acids is 1. The molecule has 0 rings (SSSR count).